The van der Waals surface area contributed by atoms with Crippen molar-refractivity contribution in [2.75, 3.05) is 19.3 Å². The molecule has 1 aliphatic heterocycles. The Morgan fingerprint density at radius 3 is 2.40 bits per heavy atom. The van der Waals surface area contributed by atoms with Crippen molar-refractivity contribution in [3.05, 3.63) is 11.7 Å². The van der Waals surface area contributed by atoms with E-state index >= 15 is 0 Å². The number of sulfonamides is 1. The number of rotatable bonds is 1. The molecule has 0 unspecified atom stereocenters. The van der Waals surface area contributed by atoms with E-state index in [1.807, 2.05) is 0 Å². The Kier molecular flexibility index (Phi) is 3.44. The lowest BCUT2D eigenvalue weighted by molar-refractivity contribution is 0.00846. The molecule has 1 fully saturated rings. The molecule has 0 aromatic heterocycles. The van der Waals surface area contributed by atoms with Crippen LogP contribution in [0.3, 0.4) is 0 Å². The van der Waals surface area contributed by atoms with Crippen molar-refractivity contribution >= 4 is 10.0 Å². The summed E-state index contributed by atoms with van der Waals surface area (Å²) in [5, 5.41) is 18.4. The molecule has 0 spiro atoms. The van der Waals surface area contributed by atoms with E-state index in [1.165, 1.54) is 0 Å². The van der Waals surface area contributed by atoms with Gasteiger partial charge in [-0.25, -0.2) is 8.42 Å². The van der Waals surface area contributed by atoms with Crippen LogP contribution in [0.2, 0.25) is 0 Å². The quantitative estimate of drug-likeness (QED) is 0.628. The Labute approximate surface area is 85.7 Å². The summed E-state index contributed by atoms with van der Waals surface area (Å²) >= 11 is 0. The monoisotopic (exact) mass is 243 g/mol. The summed E-state index contributed by atoms with van der Waals surface area (Å²) in [6, 6.07) is 0. The van der Waals surface area contributed by atoms with Gasteiger partial charge in [0.15, 0.2) is 0 Å². The molecule has 0 bridgehead atoms. The number of piperidine rings is 1. The van der Waals surface area contributed by atoms with Crippen molar-refractivity contribution in [1.29, 1.82) is 0 Å². The largest absolute Gasteiger partial charge is 0.389 e. The first kappa shape index (κ1) is 12.5. The van der Waals surface area contributed by atoms with Crippen molar-refractivity contribution in [3.8, 4) is 0 Å². The molecule has 0 saturated carbocycles. The van der Waals surface area contributed by atoms with E-state index in [2.05, 4.69) is 0 Å². The van der Waals surface area contributed by atoms with Crippen LogP contribution in [0.25, 0.3) is 0 Å². The molecule has 1 aliphatic rings. The number of aliphatic hydroxyl groups is 2. The number of hydrogen-bond acceptors (Lipinski definition) is 4. The maximum absolute atomic E-state index is 12.3. The van der Waals surface area contributed by atoms with Crippen LogP contribution >= 0.6 is 0 Å². The van der Waals surface area contributed by atoms with Crippen molar-refractivity contribution < 1.29 is 27.4 Å². The molecule has 0 aromatic rings. The van der Waals surface area contributed by atoms with Crippen LogP contribution in [0.5, 0.6) is 0 Å². The molecule has 15 heavy (non-hydrogen) atoms. The van der Waals surface area contributed by atoms with Gasteiger partial charge in [0.1, 0.15) is 6.10 Å². The fourth-order valence-corrected chi connectivity index (χ4v) is 2.11. The fraction of sp³-hybridized carbons (Fsp3) is 0.714. The number of halogens is 2. The molecule has 0 aromatic carbocycles. The summed E-state index contributed by atoms with van der Waals surface area (Å²) in [5.41, 5.74) is -0.751. The molecule has 1 rings (SSSR count). The summed E-state index contributed by atoms with van der Waals surface area (Å²) in [4.78, 5) is 0. The highest BCUT2D eigenvalue weighted by Crippen LogP contribution is 2.23. The Morgan fingerprint density at radius 2 is 2.00 bits per heavy atom. The first-order valence-electron chi connectivity index (χ1n) is 4.08. The maximum Gasteiger partial charge on any atom is 0.273 e. The van der Waals surface area contributed by atoms with Gasteiger partial charge in [0, 0.05) is 18.7 Å². The van der Waals surface area contributed by atoms with Gasteiger partial charge in [-0.15, -0.1) is 0 Å². The standard InChI is InChI=1S/C7H11F2NO4S/c1-15(13,14)10-2-4(7(8)9)6(12)5(11)3-10/h5-6,11-12H,2-3H2,1H3/t5-,6-/m1/s1. The van der Waals surface area contributed by atoms with Gasteiger partial charge in [-0.1, -0.05) is 0 Å². The highest BCUT2D eigenvalue weighted by atomic mass is 32.2. The maximum atomic E-state index is 12.3. The van der Waals surface area contributed by atoms with Crippen LogP contribution in [-0.4, -0.2) is 54.5 Å². The molecule has 1 saturated heterocycles. The summed E-state index contributed by atoms with van der Waals surface area (Å²) in [6.45, 7) is -0.962. The highest BCUT2D eigenvalue weighted by molar-refractivity contribution is 7.88. The average molecular weight is 243 g/mol. The van der Waals surface area contributed by atoms with E-state index in [0.29, 0.717) is 4.31 Å². The summed E-state index contributed by atoms with van der Waals surface area (Å²) < 4.78 is 47.4. The van der Waals surface area contributed by atoms with Crippen LogP contribution in [0, 0.1) is 0 Å². The first-order chi connectivity index (χ1) is 6.73. The third-order valence-corrected chi connectivity index (χ3v) is 3.39. The van der Waals surface area contributed by atoms with Crippen LogP contribution in [0.15, 0.2) is 11.7 Å². The average Bonchev–Trinajstić information content (AvgIpc) is 2.06. The second-order valence-corrected chi connectivity index (χ2v) is 5.34. The molecular weight excluding hydrogens is 232 g/mol. The molecule has 8 heteroatoms. The Balaban J connectivity index is 3.01. The smallest absolute Gasteiger partial charge is 0.273 e. The predicted molar refractivity (Wildman–Crippen MR) is 47.7 cm³/mol. The van der Waals surface area contributed by atoms with Crippen molar-refractivity contribution in [2.24, 2.45) is 0 Å². The molecule has 1 heterocycles. The molecule has 0 amide bonds. The van der Waals surface area contributed by atoms with Gasteiger partial charge >= 0.3 is 0 Å². The van der Waals surface area contributed by atoms with E-state index in [0.717, 1.165) is 6.26 Å². The Morgan fingerprint density at radius 1 is 1.47 bits per heavy atom. The van der Waals surface area contributed by atoms with Gasteiger partial charge < -0.3 is 10.2 Å². The minimum Gasteiger partial charge on any atom is -0.389 e. The molecule has 5 nitrogen and oxygen atoms in total. The van der Waals surface area contributed by atoms with Gasteiger partial charge in [0.2, 0.25) is 10.0 Å². The third-order valence-electron chi connectivity index (χ3n) is 2.17. The zero-order valence-electron chi connectivity index (χ0n) is 7.89. The van der Waals surface area contributed by atoms with E-state index in [9.17, 15) is 27.4 Å². The van der Waals surface area contributed by atoms with Crippen LogP contribution < -0.4 is 0 Å². The number of β-amino-alcohol motifs (C(OH)–C–C–N with tert-alkyl or cyclic N) is 1. The van der Waals surface area contributed by atoms with Gasteiger partial charge in [-0.2, -0.15) is 13.1 Å². The highest BCUT2D eigenvalue weighted by Gasteiger charge is 2.36. The van der Waals surface area contributed by atoms with Crippen molar-refractivity contribution in [3.63, 3.8) is 0 Å². The number of nitrogens with zero attached hydrogens (tertiary/aromatic N) is 1. The lowest BCUT2D eigenvalue weighted by Gasteiger charge is -2.33. The minimum absolute atomic E-state index is 0.378. The van der Waals surface area contributed by atoms with Crippen LogP contribution in [0.4, 0.5) is 8.78 Å². The van der Waals surface area contributed by atoms with Crippen LogP contribution in [0.1, 0.15) is 0 Å². The molecule has 88 valence electrons. The number of aliphatic hydroxyl groups excluding tert-OH is 2. The summed E-state index contributed by atoms with van der Waals surface area (Å²) in [5.74, 6) is 0. The topological polar surface area (TPSA) is 77.8 Å². The Bertz CT molecular complexity index is 376. The van der Waals surface area contributed by atoms with Gasteiger partial charge in [-0.05, 0) is 0 Å². The fourth-order valence-electron chi connectivity index (χ4n) is 1.31. The SMILES string of the molecule is CS(=O)(=O)N1CC(=C(F)F)[C@@H](O)[C@H](O)C1. The van der Waals surface area contributed by atoms with E-state index in [4.69, 9.17) is 0 Å². The van der Waals surface area contributed by atoms with E-state index in [1.54, 1.807) is 0 Å². The van der Waals surface area contributed by atoms with E-state index < -0.39 is 40.4 Å². The van der Waals surface area contributed by atoms with Crippen molar-refractivity contribution in [2.45, 2.75) is 12.2 Å². The van der Waals surface area contributed by atoms with Crippen molar-refractivity contribution in [1.82, 2.24) is 4.31 Å². The van der Waals surface area contributed by atoms with E-state index in [-0.39, 0.29) is 6.54 Å². The molecule has 2 atom stereocenters. The van der Waals surface area contributed by atoms with Crippen LogP contribution in [-0.2, 0) is 10.0 Å². The lowest BCUT2D eigenvalue weighted by atomic mass is 10.0. The second kappa shape index (κ2) is 4.12. The zero-order chi connectivity index (χ0) is 11.8. The van der Waals surface area contributed by atoms with Gasteiger partial charge in [0.25, 0.3) is 6.08 Å². The molecule has 0 radical (unpaired) electrons. The third kappa shape index (κ3) is 2.71. The second-order valence-electron chi connectivity index (χ2n) is 3.35. The molecule has 2 N–H and O–H groups in total. The summed E-state index contributed by atoms with van der Waals surface area (Å²) in [7, 11) is -3.65. The summed E-state index contributed by atoms with van der Waals surface area (Å²) in [6.07, 6.45) is -4.53. The lowest BCUT2D eigenvalue weighted by Crippen LogP contribution is -2.50. The predicted octanol–water partition coefficient (Wildman–Crippen LogP) is -0.866. The first-order valence-corrected chi connectivity index (χ1v) is 5.93. The normalized spacial score (nSPS) is 29.3. The van der Waals surface area contributed by atoms with Gasteiger partial charge in [0.05, 0.1) is 12.4 Å². The Hall–Kier alpha value is -0.570. The van der Waals surface area contributed by atoms with Gasteiger partial charge in [-0.3, -0.25) is 0 Å². The molecular formula is C7H11F2NO4S. The molecule has 0 aliphatic carbocycles. The number of hydrogen-bond donors (Lipinski definition) is 2. The minimum atomic E-state index is -3.65. The zero-order valence-corrected chi connectivity index (χ0v) is 8.71.